The van der Waals surface area contributed by atoms with Crippen molar-refractivity contribution in [2.45, 2.75) is 33.6 Å². The van der Waals surface area contributed by atoms with Crippen LogP contribution >= 0.6 is 0 Å². The minimum absolute atomic E-state index is 0.504. The van der Waals surface area contributed by atoms with E-state index in [9.17, 15) is 0 Å². The molecule has 0 aliphatic rings. The normalized spacial score (nSPS) is 11.1. The fraction of sp³-hybridized carbons (Fsp3) is 0.462. The molecule has 1 nitrogen and oxygen atoms in total. The van der Waals surface area contributed by atoms with Gasteiger partial charge in [-0.1, -0.05) is 45.9 Å². The van der Waals surface area contributed by atoms with Crippen LogP contribution in [-0.4, -0.2) is 7.11 Å². The molecule has 0 aliphatic heterocycles. The van der Waals surface area contributed by atoms with Crippen LogP contribution in [0.4, 0.5) is 0 Å². The Morgan fingerprint density at radius 3 is 2.29 bits per heavy atom. The number of hydrogen-bond donors (Lipinski definition) is 0. The van der Waals surface area contributed by atoms with Gasteiger partial charge in [0.15, 0.2) is 0 Å². The van der Waals surface area contributed by atoms with Crippen LogP contribution in [0.3, 0.4) is 0 Å². The molecule has 0 saturated heterocycles. The predicted molar refractivity (Wildman–Crippen MR) is 60.8 cm³/mol. The molecule has 0 aliphatic carbocycles. The van der Waals surface area contributed by atoms with Gasteiger partial charge in [0.25, 0.3) is 0 Å². The Hall–Kier alpha value is -0.980. The summed E-state index contributed by atoms with van der Waals surface area (Å²) in [5.74, 6) is 2.83. The van der Waals surface area contributed by atoms with E-state index in [-0.39, 0.29) is 0 Å². The molecule has 1 radical (unpaired) electrons. The molecule has 0 atom stereocenters. The first kappa shape index (κ1) is 11.1. The van der Waals surface area contributed by atoms with E-state index in [1.54, 1.807) is 7.11 Å². The summed E-state index contributed by atoms with van der Waals surface area (Å²) in [5.41, 5.74) is 2.50. The molecule has 1 aromatic carbocycles. The van der Waals surface area contributed by atoms with Crippen molar-refractivity contribution < 1.29 is 4.74 Å². The highest BCUT2D eigenvalue weighted by Crippen LogP contribution is 2.33. The number of ether oxygens (including phenoxy) is 1. The minimum Gasteiger partial charge on any atom is -0.496 e. The minimum atomic E-state index is 0.504. The number of para-hydroxylation sites is 1. The van der Waals surface area contributed by atoms with E-state index in [1.165, 1.54) is 17.0 Å². The first-order valence-electron chi connectivity index (χ1n) is 5.05. The zero-order valence-electron chi connectivity index (χ0n) is 9.72. The summed E-state index contributed by atoms with van der Waals surface area (Å²) in [7, 11) is 1.74. The van der Waals surface area contributed by atoms with Gasteiger partial charge >= 0.3 is 0 Å². The maximum atomic E-state index is 5.48. The molecule has 0 bridgehead atoms. The van der Waals surface area contributed by atoms with Crippen LogP contribution in [-0.2, 0) is 0 Å². The summed E-state index contributed by atoms with van der Waals surface area (Å²) < 4.78 is 5.48. The molecule has 0 heterocycles. The van der Waals surface area contributed by atoms with Crippen molar-refractivity contribution in [1.82, 2.24) is 0 Å². The molecule has 0 spiro atoms. The Balaban J connectivity index is 3.25. The van der Waals surface area contributed by atoms with Crippen molar-refractivity contribution in [3.05, 3.63) is 35.2 Å². The summed E-state index contributed by atoms with van der Waals surface area (Å²) in [5, 5.41) is 0. The van der Waals surface area contributed by atoms with Crippen LogP contribution in [0.5, 0.6) is 5.75 Å². The Labute approximate surface area is 87.1 Å². The van der Waals surface area contributed by atoms with Crippen LogP contribution in [0.2, 0.25) is 0 Å². The third kappa shape index (κ3) is 2.09. The lowest BCUT2D eigenvalue weighted by Crippen LogP contribution is -2.00. The zero-order valence-corrected chi connectivity index (χ0v) is 9.72. The van der Waals surface area contributed by atoms with E-state index in [1.807, 2.05) is 0 Å². The molecule has 0 N–H and O–H groups in total. The summed E-state index contributed by atoms with van der Waals surface area (Å²) in [4.78, 5) is 0. The van der Waals surface area contributed by atoms with Gasteiger partial charge in [0.1, 0.15) is 5.75 Å². The van der Waals surface area contributed by atoms with E-state index in [0.29, 0.717) is 5.92 Å². The lowest BCUT2D eigenvalue weighted by atomic mass is 9.94. The molecule has 0 saturated carbocycles. The standard InChI is InChI=1S/C13H19O/c1-9(2)11-7-6-8-12(10(3)4)13(11)14-5/h6-9H,1-5H3. The summed E-state index contributed by atoms with van der Waals surface area (Å²) in [6.07, 6.45) is 0. The molecule has 0 aromatic heterocycles. The molecular weight excluding hydrogens is 172 g/mol. The highest BCUT2D eigenvalue weighted by Gasteiger charge is 2.13. The molecule has 0 amide bonds. The van der Waals surface area contributed by atoms with Crippen LogP contribution in [0.1, 0.15) is 44.7 Å². The second-order valence-electron chi connectivity index (χ2n) is 4.08. The molecule has 1 heteroatoms. The van der Waals surface area contributed by atoms with Crippen molar-refractivity contribution in [3.8, 4) is 5.75 Å². The fourth-order valence-electron chi connectivity index (χ4n) is 1.63. The first-order chi connectivity index (χ1) is 6.57. The molecule has 14 heavy (non-hydrogen) atoms. The number of benzene rings is 1. The van der Waals surface area contributed by atoms with E-state index in [2.05, 4.69) is 45.9 Å². The first-order valence-corrected chi connectivity index (χ1v) is 5.05. The maximum Gasteiger partial charge on any atom is 0.126 e. The van der Waals surface area contributed by atoms with Gasteiger partial charge in [0, 0.05) is 11.5 Å². The quantitative estimate of drug-likeness (QED) is 0.706. The molecule has 77 valence electrons. The SMILES string of the molecule is COc1c([C](C)C)cccc1C(C)C. The summed E-state index contributed by atoms with van der Waals surface area (Å²) in [6.45, 7) is 8.60. The summed E-state index contributed by atoms with van der Waals surface area (Å²) in [6, 6.07) is 6.34. The average Bonchev–Trinajstić information content (AvgIpc) is 2.16. The largest absolute Gasteiger partial charge is 0.496 e. The van der Waals surface area contributed by atoms with Crippen molar-refractivity contribution in [3.63, 3.8) is 0 Å². The van der Waals surface area contributed by atoms with Crippen LogP contribution < -0.4 is 4.74 Å². The van der Waals surface area contributed by atoms with Crippen molar-refractivity contribution >= 4 is 0 Å². The molecule has 0 unspecified atom stereocenters. The molecule has 0 fully saturated rings. The third-order valence-electron chi connectivity index (χ3n) is 2.41. The van der Waals surface area contributed by atoms with E-state index in [4.69, 9.17) is 4.74 Å². The van der Waals surface area contributed by atoms with E-state index < -0.39 is 0 Å². The average molecular weight is 191 g/mol. The highest BCUT2D eigenvalue weighted by atomic mass is 16.5. The van der Waals surface area contributed by atoms with Crippen LogP contribution in [0, 0.1) is 5.92 Å². The second-order valence-corrected chi connectivity index (χ2v) is 4.08. The van der Waals surface area contributed by atoms with Gasteiger partial charge in [-0.05, 0) is 11.5 Å². The molecule has 1 aromatic rings. The van der Waals surface area contributed by atoms with Gasteiger partial charge in [-0.15, -0.1) is 0 Å². The topological polar surface area (TPSA) is 9.23 Å². The third-order valence-corrected chi connectivity index (χ3v) is 2.41. The van der Waals surface area contributed by atoms with Gasteiger partial charge < -0.3 is 4.74 Å². The van der Waals surface area contributed by atoms with E-state index in [0.717, 1.165) is 5.75 Å². The van der Waals surface area contributed by atoms with Crippen LogP contribution in [0.25, 0.3) is 0 Å². The summed E-state index contributed by atoms with van der Waals surface area (Å²) >= 11 is 0. The van der Waals surface area contributed by atoms with Crippen molar-refractivity contribution in [2.75, 3.05) is 7.11 Å². The number of hydrogen-bond acceptors (Lipinski definition) is 1. The molecule has 1 rings (SSSR count). The molecular formula is C13H19O. The highest BCUT2D eigenvalue weighted by molar-refractivity contribution is 5.48. The van der Waals surface area contributed by atoms with Gasteiger partial charge in [-0.3, -0.25) is 0 Å². The van der Waals surface area contributed by atoms with Gasteiger partial charge in [0.05, 0.1) is 7.11 Å². The second kappa shape index (κ2) is 4.50. The Bertz CT molecular complexity index is 274. The van der Waals surface area contributed by atoms with Gasteiger partial charge in [-0.25, -0.2) is 0 Å². The number of rotatable bonds is 3. The van der Waals surface area contributed by atoms with Gasteiger partial charge in [-0.2, -0.15) is 0 Å². The lowest BCUT2D eigenvalue weighted by molar-refractivity contribution is 0.404. The zero-order chi connectivity index (χ0) is 10.7. The van der Waals surface area contributed by atoms with Crippen LogP contribution in [0.15, 0.2) is 18.2 Å². The fourth-order valence-corrected chi connectivity index (χ4v) is 1.63. The maximum absolute atomic E-state index is 5.48. The Kier molecular flexibility index (Phi) is 3.56. The van der Waals surface area contributed by atoms with Crippen molar-refractivity contribution in [2.24, 2.45) is 0 Å². The predicted octanol–water partition coefficient (Wildman–Crippen LogP) is 3.78. The van der Waals surface area contributed by atoms with Gasteiger partial charge in [0.2, 0.25) is 0 Å². The van der Waals surface area contributed by atoms with Crippen molar-refractivity contribution in [1.29, 1.82) is 0 Å². The smallest absolute Gasteiger partial charge is 0.126 e. The monoisotopic (exact) mass is 191 g/mol. The van der Waals surface area contributed by atoms with E-state index >= 15 is 0 Å². The number of methoxy groups -OCH3 is 1. The Morgan fingerprint density at radius 2 is 1.86 bits per heavy atom. The lowest BCUT2D eigenvalue weighted by Gasteiger charge is -2.17. The Morgan fingerprint density at radius 1 is 1.21 bits per heavy atom.